The lowest BCUT2D eigenvalue weighted by molar-refractivity contribution is 0.160. The summed E-state index contributed by atoms with van der Waals surface area (Å²) in [7, 11) is 0. The topological polar surface area (TPSA) is 35.5 Å². The first-order valence-corrected chi connectivity index (χ1v) is 7.17. The molecular formula is C15H21FN2O. The third kappa shape index (κ3) is 3.07. The Labute approximate surface area is 113 Å². The number of aromatic hydroxyl groups is 1. The number of benzene rings is 1. The minimum Gasteiger partial charge on any atom is -0.505 e. The second kappa shape index (κ2) is 5.47. The second-order valence-electron chi connectivity index (χ2n) is 5.69. The highest BCUT2D eigenvalue weighted by Crippen LogP contribution is 2.40. The monoisotopic (exact) mass is 264 g/mol. The molecule has 0 amide bonds. The lowest BCUT2D eigenvalue weighted by Gasteiger charge is -2.35. The summed E-state index contributed by atoms with van der Waals surface area (Å²) in [6.07, 6.45) is 3.73. The highest BCUT2D eigenvalue weighted by Gasteiger charge is 2.30. The molecular weight excluding hydrogens is 243 g/mol. The van der Waals surface area contributed by atoms with Gasteiger partial charge in [0.25, 0.3) is 0 Å². The fourth-order valence-electron chi connectivity index (χ4n) is 2.89. The average Bonchev–Trinajstić information content (AvgIpc) is 3.24. The van der Waals surface area contributed by atoms with Gasteiger partial charge in [-0.1, -0.05) is 18.9 Å². The third-order valence-electron chi connectivity index (χ3n) is 4.20. The highest BCUT2D eigenvalue weighted by atomic mass is 19.1. The van der Waals surface area contributed by atoms with Gasteiger partial charge in [-0.05, 0) is 30.0 Å². The predicted molar refractivity (Wildman–Crippen MR) is 72.6 cm³/mol. The van der Waals surface area contributed by atoms with E-state index in [1.807, 2.05) is 6.07 Å². The summed E-state index contributed by atoms with van der Waals surface area (Å²) in [5, 5.41) is 12.7. The van der Waals surface area contributed by atoms with Crippen molar-refractivity contribution in [2.75, 3.05) is 26.2 Å². The maximum Gasteiger partial charge on any atom is 0.165 e. The first-order chi connectivity index (χ1) is 9.24. The van der Waals surface area contributed by atoms with Gasteiger partial charge in [0.15, 0.2) is 11.6 Å². The van der Waals surface area contributed by atoms with Crippen LogP contribution < -0.4 is 5.32 Å². The molecule has 1 aromatic carbocycles. The summed E-state index contributed by atoms with van der Waals surface area (Å²) in [5.74, 6) is 0.0411. The van der Waals surface area contributed by atoms with E-state index in [0.29, 0.717) is 6.04 Å². The third-order valence-corrected chi connectivity index (χ3v) is 4.20. The van der Waals surface area contributed by atoms with Crippen LogP contribution in [0.3, 0.4) is 0 Å². The predicted octanol–water partition coefficient (Wildman–Crippen LogP) is 2.28. The van der Waals surface area contributed by atoms with E-state index >= 15 is 0 Å². The second-order valence-corrected chi connectivity index (χ2v) is 5.69. The van der Waals surface area contributed by atoms with Crippen LogP contribution in [0.1, 0.15) is 30.9 Å². The number of nitrogens with zero attached hydrogens (tertiary/aromatic N) is 1. The zero-order valence-corrected chi connectivity index (χ0v) is 11.1. The highest BCUT2D eigenvalue weighted by molar-refractivity contribution is 5.30. The molecule has 2 fully saturated rings. The number of nitrogens with one attached hydrogen (secondary N) is 1. The van der Waals surface area contributed by atoms with E-state index in [1.165, 1.54) is 25.0 Å². The van der Waals surface area contributed by atoms with E-state index in [4.69, 9.17) is 0 Å². The number of piperazine rings is 1. The quantitative estimate of drug-likeness (QED) is 0.875. The van der Waals surface area contributed by atoms with Gasteiger partial charge in [0.1, 0.15) is 0 Å². The van der Waals surface area contributed by atoms with Crippen LogP contribution in [0.15, 0.2) is 18.2 Å². The van der Waals surface area contributed by atoms with Crippen LogP contribution >= 0.6 is 0 Å². The standard InChI is InChI=1S/C15H21FN2O/c16-13-10-12(3-4-15(13)19)14(9-11-1-2-11)18-7-5-17-6-8-18/h3-4,10-11,14,17,19H,1-2,5-9H2/t14-/m0/s1. The lowest BCUT2D eigenvalue weighted by Crippen LogP contribution is -2.45. The van der Waals surface area contributed by atoms with Gasteiger partial charge in [-0.15, -0.1) is 0 Å². The summed E-state index contributed by atoms with van der Waals surface area (Å²) in [6, 6.07) is 5.15. The lowest BCUT2D eigenvalue weighted by atomic mass is 9.98. The normalized spacial score (nSPS) is 22.4. The molecule has 4 heteroatoms. The molecule has 1 aliphatic carbocycles. The number of rotatable bonds is 4. The Morgan fingerprint density at radius 2 is 2.05 bits per heavy atom. The van der Waals surface area contributed by atoms with Crippen LogP contribution in [-0.2, 0) is 0 Å². The maximum absolute atomic E-state index is 13.6. The summed E-state index contributed by atoms with van der Waals surface area (Å²) in [6.45, 7) is 4.03. The molecule has 3 rings (SSSR count). The van der Waals surface area contributed by atoms with Crippen molar-refractivity contribution in [1.82, 2.24) is 10.2 Å². The molecule has 3 nitrogen and oxygen atoms in total. The molecule has 1 aliphatic heterocycles. The minimum atomic E-state index is -0.506. The molecule has 19 heavy (non-hydrogen) atoms. The molecule has 1 aromatic rings. The molecule has 0 radical (unpaired) electrons. The van der Waals surface area contributed by atoms with E-state index in [0.717, 1.165) is 44.1 Å². The minimum absolute atomic E-state index is 0.255. The molecule has 1 atom stereocenters. The van der Waals surface area contributed by atoms with Gasteiger partial charge in [-0.25, -0.2) is 4.39 Å². The number of halogens is 1. The number of hydrogen-bond acceptors (Lipinski definition) is 3. The van der Waals surface area contributed by atoms with Gasteiger partial charge < -0.3 is 10.4 Å². The van der Waals surface area contributed by atoms with Crippen molar-refractivity contribution in [1.29, 1.82) is 0 Å². The molecule has 1 saturated carbocycles. The number of hydrogen-bond donors (Lipinski definition) is 2. The van der Waals surface area contributed by atoms with E-state index < -0.39 is 5.82 Å². The van der Waals surface area contributed by atoms with Crippen molar-refractivity contribution < 1.29 is 9.50 Å². The fraction of sp³-hybridized carbons (Fsp3) is 0.600. The van der Waals surface area contributed by atoms with Crippen LogP contribution in [0.25, 0.3) is 0 Å². The van der Waals surface area contributed by atoms with Gasteiger partial charge in [-0.2, -0.15) is 0 Å². The van der Waals surface area contributed by atoms with Gasteiger partial charge in [0.05, 0.1) is 0 Å². The van der Waals surface area contributed by atoms with Crippen molar-refractivity contribution in [3.63, 3.8) is 0 Å². The van der Waals surface area contributed by atoms with Crippen LogP contribution in [0, 0.1) is 11.7 Å². The Morgan fingerprint density at radius 1 is 1.32 bits per heavy atom. The van der Waals surface area contributed by atoms with Gasteiger partial charge in [-0.3, -0.25) is 4.90 Å². The van der Waals surface area contributed by atoms with Gasteiger partial charge in [0, 0.05) is 32.2 Å². The summed E-state index contributed by atoms with van der Waals surface area (Å²) in [5.41, 5.74) is 1.00. The molecule has 2 N–H and O–H groups in total. The van der Waals surface area contributed by atoms with Crippen LogP contribution in [-0.4, -0.2) is 36.2 Å². The van der Waals surface area contributed by atoms with Crippen molar-refractivity contribution in [3.8, 4) is 5.75 Å². The zero-order chi connectivity index (χ0) is 13.2. The van der Waals surface area contributed by atoms with Crippen molar-refractivity contribution in [2.24, 2.45) is 5.92 Å². The van der Waals surface area contributed by atoms with Crippen LogP contribution in [0.4, 0.5) is 4.39 Å². The van der Waals surface area contributed by atoms with E-state index in [9.17, 15) is 9.50 Å². The van der Waals surface area contributed by atoms with E-state index in [2.05, 4.69) is 10.2 Å². The molecule has 0 aromatic heterocycles. The molecule has 1 heterocycles. The van der Waals surface area contributed by atoms with E-state index in [-0.39, 0.29) is 5.75 Å². The zero-order valence-electron chi connectivity index (χ0n) is 11.1. The fourth-order valence-corrected chi connectivity index (χ4v) is 2.89. The summed E-state index contributed by atoms with van der Waals surface area (Å²) in [4.78, 5) is 2.45. The first kappa shape index (κ1) is 12.9. The Kier molecular flexibility index (Phi) is 3.71. The van der Waals surface area contributed by atoms with Crippen LogP contribution in [0.5, 0.6) is 5.75 Å². The smallest absolute Gasteiger partial charge is 0.165 e. The molecule has 1 saturated heterocycles. The Bertz CT molecular complexity index is 442. The molecule has 0 spiro atoms. The van der Waals surface area contributed by atoms with E-state index in [1.54, 1.807) is 0 Å². The van der Waals surface area contributed by atoms with Gasteiger partial charge in [0.2, 0.25) is 0 Å². The summed E-state index contributed by atoms with van der Waals surface area (Å²) < 4.78 is 13.6. The first-order valence-electron chi connectivity index (χ1n) is 7.17. The molecule has 104 valence electrons. The Morgan fingerprint density at radius 3 is 2.68 bits per heavy atom. The SMILES string of the molecule is Oc1ccc([C@H](CC2CC2)N2CCNCC2)cc1F. The maximum atomic E-state index is 13.6. The van der Waals surface area contributed by atoms with Crippen LogP contribution in [0.2, 0.25) is 0 Å². The van der Waals surface area contributed by atoms with Crippen molar-refractivity contribution in [2.45, 2.75) is 25.3 Å². The average molecular weight is 264 g/mol. The Balaban J connectivity index is 1.81. The number of phenols is 1. The Hall–Kier alpha value is -1.13. The van der Waals surface area contributed by atoms with Crippen molar-refractivity contribution >= 4 is 0 Å². The largest absolute Gasteiger partial charge is 0.505 e. The molecule has 0 unspecified atom stereocenters. The van der Waals surface area contributed by atoms with Gasteiger partial charge >= 0.3 is 0 Å². The number of phenolic OH excluding ortho intramolecular Hbond substituents is 1. The summed E-state index contributed by atoms with van der Waals surface area (Å²) >= 11 is 0. The van der Waals surface area contributed by atoms with Crippen molar-refractivity contribution in [3.05, 3.63) is 29.6 Å². The molecule has 2 aliphatic rings. The molecule has 0 bridgehead atoms.